The van der Waals surface area contributed by atoms with E-state index in [0.29, 0.717) is 37.7 Å². The Labute approximate surface area is 176 Å². The number of imide groups is 1. The lowest BCUT2D eigenvalue weighted by atomic mass is 10.1. The third-order valence-electron chi connectivity index (χ3n) is 5.06. The highest BCUT2D eigenvalue weighted by molar-refractivity contribution is 5.97. The van der Waals surface area contributed by atoms with Crippen LogP contribution in [0.15, 0.2) is 24.3 Å². The van der Waals surface area contributed by atoms with Crippen LogP contribution in [-0.4, -0.2) is 78.1 Å². The third-order valence-corrected chi connectivity index (χ3v) is 5.06. The van der Waals surface area contributed by atoms with Crippen molar-refractivity contribution in [2.24, 2.45) is 0 Å². The molecule has 4 amide bonds. The van der Waals surface area contributed by atoms with E-state index < -0.39 is 23.7 Å². The number of ether oxygens (including phenoxy) is 2. The second-order valence-electron chi connectivity index (χ2n) is 8.59. The van der Waals surface area contributed by atoms with E-state index in [2.05, 4.69) is 10.6 Å². The van der Waals surface area contributed by atoms with Crippen molar-refractivity contribution >= 4 is 17.8 Å². The molecule has 1 saturated heterocycles. The first-order valence-electron chi connectivity index (χ1n) is 10.2. The summed E-state index contributed by atoms with van der Waals surface area (Å²) in [7, 11) is 0. The van der Waals surface area contributed by atoms with Crippen LogP contribution in [0.1, 0.15) is 27.7 Å². The van der Waals surface area contributed by atoms with Gasteiger partial charge in [0, 0.05) is 31.7 Å². The van der Waals surface area contributed by atoms with Crippen molar-refractivity contribution in [3.05, 3.63) is 24.3 Å². The Morgan fingerprint density at radius 2 is 1.70 bits per heavy atom. The van der Waals surface area contributed by atoms with Gasteiger partial charge < -0.3 is 19.7 Å². The first kappa shape index (κ1) is 21.9. The first-order valence-corrected chi connectivity index (χ1v) is 10.2. The molecule has 0 bridgehead atoms. The summed E-state index contributed by atoms with van der Waals surface area (Å²) in [6, 6.07) is 6.29. The number of rotatable bonds is 3. The van der Waals surface area contributed by atoms with Crippen LogP contribution < -0.4 is 20.1 Å². The highest BCUT2D eigenvalue weighted by atomic mass is 16.6. The molecule has 0 saturated carbocycles. The highest BCUT2D eigenvalue weighted by Gasteiger charge is 2.34. The van der Waals surface area contributed by atoms with Crippen molar-refractivity contribution < 1.29 is 23.9 Å². The predicted molar refractivity (Wildman–Crippen MR) is 110 cm³/mol. The third kappa shape index (κ3) is 5.41. The minimum atomic E-state index is -0.673. The van der Waals surface area contributed by atoms with E-state index in [1.165, 1.54) is 0 Å². The molecule has 2 atom stereocenters. The normalized spacial score (nSPS) is 20.3. The zero-order valence-corrected chi connectivity index (χ0v) is 17.9. The fraction of sp³-hybridized carbons (Fsp3) is 0.571. The predicted octanol–water partition coefficient (Wildman–Crippen LogP) is 0.983. The molecule has 2 unspecified atom stereocenters. The molecule has 164 valence electrons. The van der Waals surface area contributed by atoms with Crippen molar-refractivity contribution in [1.82, 2.24) is 20.4 Å². The van der Waals surface area contributed by atoms with Gasteiger partial charge in [0.25, 0.3) is 5.91 Å². The van der Waals surface area contributed by atoms with Crippen LogP contribution in [-0.2, 0) is 9.59 Å². The molecule has 9 nitrogen and oxygen atoms in total. The van der Waals surface area contributed by atoms with Gasteiger partial charge in [0.05, 0.1) is 6.04 Å². The monoisotopic (exact) mass is 418 g/mol. The van der Waals surface area contributed by atoms with Crippen molar-refractivity contribution in [1.29, 1.82) is 0 Å². The number of urea groups is 1. The number of para-hydroxylation sites is 2. The maximum absolute atomic E-state index is 12.8. The summed E-state index contributed by atoms with van der Waals surface area (Å²) in [5.74, 6) is 0.726. The maximum Gasteiger partial charge on any atom is 0.321 e. The van der Waals surface area contributed by atoms with E-state index in [1.807, 2.05) is 43.9 Å². The topological polar surface area (TPSA) is 100 Å². The largest absolute Gasteiger partial charge is 0.485 e. The Kier molecular flexibility index (Phi) is 6.50. The molecule has 0 aliphatic carbocycles. The standard InChI is InChI=1S/C21H30N4O5/c1-14(18(26)22-20(28)23-21(2,3)4)24-9-11-25(12-10-24)19(27)17-13-29-15-7-5-6-8-16(15)30-17/h5-8,14,17H,9-13H2,1-4H3,(H2,22,23,26,28). The van der Waals surface area contributed by atoms with E-state index in [1.54, 1.807) is 17.9 Å². The van der Waals surface area contributed by atoms with Gasteiger partial charge in [-0.25, -0.2) is 4.79 Å². The Bertz CT molecular complexity index is 799. The lowest BCUT2D eigenvalue weighted by Gasteiger charge is -2.39. The summed E-state index contributed by atoms with van der Waals surface area (Å²) in [6.07, 6.45) is -0.673. The molecule has 9 heteroatoms. The molecule has 30 heavy (non-hydrogen) atoms. The van der Waals surface area contributed by atoms with Crippen LogP contribution in [0.25, 0.3) is 0 Å². The van der Waals surface area contributed by atoms with Gasteiger partial charge in [0.15, 0.2) is 11.5 Å². The highest BCUT2D eigenvalue weighted by Crippen LogP contribution is 2.31. The lowest BCUT2D eigenvalue weighted by Crippen LogP contribution is -2.59. The zero-order valence-electron chi connectivity index (χ0n) is 17.9. The van der Waals surface area contributed by atoms with Gasteiger partial charge in [0.1, 0.15) is 6.61 Å². The fourth-order valence-corrected chi connectivity index (χ4v) is 3.43. The number of piperazine rings is 1. The average Bonchev–Trinajstić information content (AvgIpc) is 2.71. The molecule has 0 aromatic heterocycles. The average molecular weight is 418 g/mol. The van der Waals surface area contributed by atoms with E-state index >= 15 is 0 Å². The number of nitrogens with one attached hydrogen (secondary N) is 2. The quantitative estimate of drug-likeness (QED) is 0.759. The summed E-state index contributed by atoms with van der Waals surface area (Å²) in [4.78, 5) is 40.8. The minimum absolute atomic E-state index is 0.120. The molecule has 1 fully saturated rings. The summed E-state index contributed by atoms with van der Waals surface area (Å²) in [6.45, 7) is 9.49. The van der Waals surface area contributed by atoms with E-state index in [0.717, 1.165) is 0 Å². The molecule has 1 aromatic rings. The van der Waals surface area contributed by atoms with Crippen LogP contribution in [0.3, 0.4) is 0 Å². The van der Waals surface area contributed by atoms with Gasteiger partial charge >= 0.3 is 6.03 Å². The maximum atomic E-state index is 12.8. The first-order chi connectivity index (χ1) is 14.1. The molecule has 2 aliphatic heterocycles. The number of fused-ring (bicyclic) bond motifs is 1. The van der Waals surface area contributed by atoms with Gasteiger partial charge in [-0.3, -0.25) is 19.8 Å². The molecular formula is C21H30N4O5. The molecule has 0 radical (unpaired) electrons. The summed E-state index contributed by atoms with van der Waals surface area (Å²) in [5, 5.41) is 5.09. The van der Waals surface area contributed by atoms with Gasteiger partial charge in [-0.05, 0) is 39.8 Å². The number of hydrogen-bond acceptors (Lipinski definition) is 6. The van der Waals surface area contributed by atoms with Crippen LogP contribution in [0, 0.1) is 0 Å². The number of benzene rings is 1. The second kappa shape index (κ2) is 8.91. The van der Waals surface area contributed by atoms with Crippen LogP contribution in [0.5, 0.6) is 11.5 Å². The zero-order chi connectivity index (χ0) is 21.9. The number of hydrogen-bond donors (Lipinski definition) is 2. The number of carbonyl (C=O) groups is 3. The smallest absolute Gasteiger partial charge is 0.321 e. The minimum Gasteiger partial charge on any atom is -0.485 e. The molecule has 3 rings (SSSR count). The van der Waals surface area contributed by atoms with Crippen LogP contribution in [0.2, 0.25) is 0 Å². The van der Waals surface area contributed by atoms with E-state index in [-0.39, 0.29) is 18.4 Å². The Hall–Kier alpha value is -2.81. The summed E-state index contributed by atoms with van der Waals surface area (Å²) < 4.78 is 11.4. The van der Waals surface area contributed by atoms with Gasteiger partial charge in [-0.15, -0.1) is 0 Å². The lowest BCUT2D eigenvalue weighted by molar-refractivity contribution is -0.143. The number of carbonyl (C=O) groups excluding carboxylic acids is 3. The second-order valence-corrected chi connectivity index (χ2v) is 8.59. The molecule has 2 N–H and O–H groups in total. The number of nitrogens with zero attached hydrogens (tertiary/aromatic N) is 2. The fourth-order valence-electron chi connectivity index (χ4n) is 3.43. The number of amides is 4. The Balaban J connectivity index is 1.48. The van der Waals surface area contributed by atoms with E-state index in [4.69, 9.17) is 9.47 Å². The van der Waals surface area contributed by atoms with Crippen molar-refractivity contribution in [3.63, 3.8) is 0 Å². The Morgan fingerprint density at radius 3 is 2.33 bits per heavy atom. The molecular weight excluding hydrogens is 388 g/mol. The van der Waals surface area contributed by atoms with Crippen molar-refractivity contribution in [2.45, 2.75) is 45.4 Å². The molecule has 1 aromatic carbocycles. The summed E-state index contributed by atoms with van der Waals surface area (Å²) in [5.41, 5.74) is -0.426. The SMILES string of the molecule is CC(C(=O)NC(=O)NC(C)(C)C)N1CCN(C(=O)C2COc3ccccc3O2)CC1. The van der Waals surface area contributed by atoms with Crippen molar-refractivity contribution in [2.75, 3.05) is 32.8 Å². The molecule has 0 spiro atoms. The molecule has 2 aliphatic rings. The summed E-state index contributed by atoms with van der Waals surface area (Å²) >= 11 is 0. The van der Waals surface area contributed by atoms with Crippen LogP contribution in [0.4, 0.5) is 4.79 Å². The van der Waals surface area contributed by atoms with Gasteiger partial charge in [0.2, 0.25) is 12.0 Å². The van der Waals surface area contributed by atoms with Crippen molar-refractivity contribution in [3.8, 4) is 11.5 Å². The Morgan fingerprint density at radius 1 is 1.07 bits per heavy atom. The van der Waals surface area contributed by atoms with Crippen LogP contribution >= 0.6 is 0 Å². The van der Waals surface area contributed by atoms with Gasteiger partial charge in [-0.2, -0.15) is 0 Å². The van der Waals surface area contributed by atoms with Gasteiger partial charge in [-0.1, -0.05) is 12.1 Å². The van der Waals surface area contributed by atoms with E-state index in [9.17, 15) is 14.4 Å². The molecule has 2 heterocycles.